The molecule has 5 amide bonds. The zero-order chi connectivity index (χ0) is 14.8. The van der Waals surface area contributed by atoms with E-state index < -0.39 is 23.3 Å². The van der Waals surface area contributed by atoms with Gasteiger partial charge in [-0.25, -0.2) is 4.79 Å². The zero-order valence-corrected chi connectivity index (χ0v) is 11.5. The minimum absolute atomic E-state index is 0.0826. The number of nitrogens with one attached hydrogen (secondary N) is 2. The third kappa shape index (κ3) is 2.52. The van der Waals surface area contributed by atoms with E-state index in [-0.39, 0.29) is 19.0 Å². The molecule has 2 rings (SSSR count). The molecule has 1 aliphatic heterocycles. The van der Waals surface area contributed by atoms with Crippen LogP contribution in [0.3, 0.4) is 0 Å². The quantitative estimate of drug-likeness (QED) is 0.720. The van der Waals surface area contributed by atoms with Crippen LogP contribution in [0.15, 0.2) is 0 Å². The van der Waals surface area contributed by atoms with Crippen molar-refractivity contribution in [2.75, 3.05) is 13.1 Å². The van der Waals surface area contributed by atoms with Gasteiger partial charge >= 0.3 is 6.03 Å². The number of amides is 5. The van der Waals surface area contributed by atoms with Crippen LogP contribution in [0.1, 0.15) is 39.0 Å². The first-order chi connectivity index (χ1) is 9.47. The second-order valence-corrected chi connectivity index (χ2v) is 5.34. The number of hydrogen-bond acceptors (Lipinski definition) is 4. The maximum Gasteiger partial charge on any atom is 0.330 e. The lowest BCUT2D eigenvalue weighted by Gasteiger charge is -2.41. The number of barbiturate groups is 1. The van der Waals surface area contributed by atoms with Crippen LogP contribution in [0.25, 0.3) is 0 Å². The summed E-state index contributed by atoms with van der Waals surface area (Å²) in [5, 5.41) is 4.81. The molecule has 0 unspecified atom stereocenters. The van der Waals surface area contributed by atoms with Crippen LogP contribution in [-0.2, 0) is 14.4 Å². The summed E-state index contributed by atoms with van der Waals surface area (Å²) in [7, 11) is 0. The Morgan fingerprint density at radius 3 is 2.50 bits per heavy atom. The Labute approximate surface area is 117 Å². The highest BCUT2D eigenvalue weighted by Gasteiger charge is 2.53. The molecule has 0 aromatic rings. The van der Waals surface area contributed by atoms with Crippen molar-refractivity contribution in [2.24, 2.45) is 5.41 Å². The van der Waals surface area contributed by atoms with Gasteiger partial charge in [0.15, 0.2) is 0 Å². The van der Waals surface area contributed by atoms with E-state index in [0.29, 0.717) is 12.8 Å². The third-order valence-corrected chi connectivity index (χ3v) is 3.97. The highest BCUT2D eigenvalue weighted by atomic mass is 16.2. The highest BCUT2D eigenvalue weighted by molar-refractivity contribution is 6.19. The molecule has 0 aromatic heterocycles. The predicted octanol–water partition coefficient (Wildman–Crippen LogP) is 0.151. The largest absolute Gasteiger partial charge is 0.355 e. The number of urea groups is 1. The number of carbonyl (C=O) groups is 4. The molecule has 110 valence electrons. The lowest BCUT2D eigenvalue weighted by Crippen LogP contribution is -2.65. The standard InChI is InChI=1S/C13H19N3O4/c1-9(17)14-7-8-16-11(19)13(5-3-2-4-6-13)10(18)15-12(16)20/h2-8H2,1H3,(H,14,17)(H,15,18,20). The third-order valence-electron chi connectivity index (χ3n) is 3.97. The van der Waals surface area contributed by atoms with Gasteiger partial charge in [0.25, 0.3) is 0 Å². The SMILES string of the molecule is CC(=O)NCCN1C(=O)NC(=O)C2(CCCCC2)C1=O. The maximum absolute atomic E-state index is 12.5. The average molecular weight is 281 g/mol. The van der Waals surface area contributed by atoms with Crippen molar-refractivity contribution >= 4 is 23.8 Å². The van der Waals surface area contributed by atoms with Crippen LogP contribution < -0.4 is 10.6 Å². The van der Waals surface area contributed by atoms with E-state index >= 15 is 0 Å². The molecule has 7 nitrogen and oxygen atoms in total. The molecule has 2 fully saturated rings. The fraction of sp³-hybridized carbons (Fsp3) is 0.692. The fourth-order valence-electron chi connectivity index (χ4n) is 2.88. The minimum atomic E-state index is -1.08. The first kappa shape index (κ1) is 14.5. The van der Waals surface area contributed by atoms with Crippen LogP contribution in [0.2, 0.25) is 0 Å². The van der Waals surface area contributed by atoms with E-state index in [0.717, 1.165) is 24.2 Å². The van der Waals surface area contributed by atoms with Crippen molar-refractivity contribution in [3.05, 3.63) is 0 Å². The number of imide groups is 2. The van der Waals surface area contributed by atoms with Gasteiger partial charge in [-0.15, -0.1) is 0 Å². The Bertz CT molecular complexity index is 455. The van der Waals surface area contributed by atoms with Crippen LogP contribution in [0.4, 0.5) is 4.79 Å². The molecule has 20 heavy (non-hydrogen) atoms. The van der Waals surface area contributed by atoms with Gasteiger partial charge in [0, 0.05) is 20.0 Å². The molecule has 1 saturated carbocycles. The molecule has 0 atom stereocenters. The number of nitrogens with zero attached hydrogens (tertiary/aromatic N) is 1. The van der Waals surface area contributed by atoms with Gasteiger partial charge in [0.05, 0.1) is 0 Å². The summed E-state index contributed by atoms with van der Waals surface area (Å²) in [5.74, 6) is -1.11. The van der Waals surface area contributed by atoms with Crippen molar-refractivity contribution in [2.45, 2.75) is 39.0 Å². The van der Waals surface area contributed by atoms with Crippen molar-refractivity contribution in [1.29, 1.82) is 0 Å². The van der Waals surface area contributed by atoms with Crippen molar-refractivity contribution < 1.29 is 19.2 Å². The van der Waals surface area contributed by atoms with Gasteiger partial charge in [-0.3, -0.25) is 24.6 Å². The molecular formula is C13H19N3O4. The van der Waals surface area contributed by atoms with E-state index in [1.54, 1.807) is 0 Å². The highest BCUT2D eigenvalue weighted by Crippen LogP contribution is 2.39. The van der Waals surface area contributed by atoms with Crippen LogP contribution in [0.5, 0.6) is 0 Å². The monoisotopic (exact) mass is 281 g/mol. The van der Waals surface area contributed by atoms with Crippen molar-refractivity contribution in [3.63, 3.8) is 0 Å². The predicted molar refractivity (Wildman–Crippen MR) is 69.5 cm³/mol. The van der Waals surface area contributed by atoms with Gasteiger partial charge < -0.3 is 5.32 Å². The summed E-state index contributed by atoms with van der Waals surface area (Å²) in [6, 6.07) is -0.693. The lowest BCUT2D eigenvalue weighted by atomic mass is 9.71. The van der Waals surface area contributed by atoms with Crippen LogP contribution in [-0.4, -0.2) is 41.7 Å². The molecule has 0 bridgehead atoms. The van der Waals surface area contributed by atoms with Crippen molar-refractivity contribution in [1.82, 2.24) is 15.5 Å². The van der Waals surface area contributed by atoms with Gasteiger partial charge in [0.2, 0.25) is 17.7 Å². The minimum Gasteiger partial charge on any atom is -0.355 e. The molecule has 1 heterocycles. The molecule has 1 aliphatic carbocycles. The zero-order valence-electron chi connectivity index (χ0n) is 11.5. The van der Waals surface area contributed by atoms with E-state index in [1.165, 1.54) is 6.92 Å². The maximum atomic E-state index is 12.5. The number of carbonyl (C=O) groups excluding carboxylic acids is 4. The molecule has 0 radical (unpaired) electrons. The van der Waals surface area contributed by atoms with Gasteiger partial charge in [-0.05, 0) is 12.8 Å². The Hall–Kier alpha value is -1.92. The van der Waals surface area contributed by atoms with Gasteiger partial charge in [-0.2, -0.15) is 0 Å². The van der Waals surface area contributed by atoms with Gasteiger partial charge in [-0.1, -0.05) is 19.3 Å². The summed E-state index contributed by atoms with van der Waals surface area (Å²) in [6.07, 6.45) is 3.60. The Morgan fingerprint density at radius 1 is 1.25 bits per heavy atom. The first-order valence-electron chi connectivity index (χ1n) is 6.89. The van der Waals surface area contributed by atoms with E-state index in [1.807, 2.05) is 0 Å². The summed E-state index contributed by atoms with van der Waals surface area (Å²) in [6.45, 7) is 1.64. The van der Waals surface area contributed by atoms with E-state index in [9.17, 15) is 19.2 Å². The Balaban J connectivity index is 2.11. The smallest absolute Gasteiger partial charge is 0.330 e. The molecule has 1 spiro atoms. The molecular weight excluding hydrogens is 262 g/mol. The Kier molecular flexibility index (Phi) is 4.06. The average Bonchev–Trinajstić information content (AvgIpc) is 2.41. The van der Waals surface area contributed by atoms with Crippen LogP contribution >= 0.6 is 0 Å². The van der Waals surface area contributed by atoms with E-state index in [4.69, 9.17) is 0 Å². The molecule has 7 heteroatoms. The fourth-order valence-corrected chi connectivity index (χ4v) is 2.88. The topological polar surface area (TPSA) is 95.6 Å². The summed E-state index contributed by atoms with van der Waals surface area (Å²) < 4.78 is 0. The van der Waals surface area contributed by atoms with Crippen molar-refractivity contribution in [3.8, 4) is 0 Å². The summed E-state index contributed by atoms with van der Waals surface area (Å²) >= 11 is 0. The second kappa shape index (κ2) is 5.60. The first-order valence-corrected chi connectivity index (χ1v) is 6.89. The summed E-state index contributed by atoms with van der Waals surface area (Å²) in [4.78, 5) is 48.2. The number of rotatable bonds is 3. The van der Waals surface area contributed by atoms with Crippen LogP contribution in [0, 0.1) is 5.41 Å². The molecule has 1 saturated heterocycles. The second-order valence-electron chi connectivity index (χ2n) is 5.34. The van der Waals surface area contributed by atoms with Gasteiger partial charge in [0.1, 0.15) is 5.41 Å². The molecule has 2 aliphatic rings. The molecule has 0 aromatic carbocycles. The Morgan fingerprint density at radius 2 is 1.90 bits per heavy atom. The summed E-state index contributed by atoms with van der Waals surface area (Å²) in [5.41, 5.74) is -1.08. The number of hydrogen-bond donors (Lipinski definition) is 2. The van der Waals surface area contributed by atoms with E-state index in [2.05, 4.69) is 10.6 Å². The molecule has 2 N–H and O–H groups in total. The lowest BCUT2D eigenvalue weighted by molar-refractivity contribution is -0.154. The normalized spacial score (nSPS) is 21.9.